The molecule has 1 heteroatoms. The van der Waals surface area contributed by atoms with E-state index in [1.807, 2.05) is 0 Å². The van der Waals surface area contributed by atoms with Crippen LogP contribution in [0.1, 0.15) is 59.3 Å². The van der Waals surface area contributed by atoms with Crippen LogP contribution in [0.25, 0.3) is 0 Å². The van der Waals surface area contributed by atoms with Crippen molar-refractivity contribution in [1.29, 1.82) is 0 Å². The van der Waals surface area contributed by atoms with Gasteiger partial charge in [-0.1, -0.05) is 59.1 Å². The van der Waals surface area contributed by atoms with Crippen LogP contribution in [0.2, 0.25) is 0 Å². The molecule has 2 atom stereocenters. The molecule has 0 amide bonds. The minimum atomic E-state index is 0.842. The second-order valence-electron chi connectivity index (χ2n) is 4.43. The average Bonchev–Trinajstić information content (AvgIpc) is 2.05. The lowest BCUT2D eigenvalue weighted by atomic mass is 9.91. The van der Waals surface area contributed by atoms with E-state index in [9.17, 15) is 0 Å². The molecule has 0 aliphatic rings. The third kappa shape index (κ3) is 8.67. The Morgan fingerprint density at radius 3 is 2.15 bits per heavy atom. The first-order valence-electron chi connectivity index (χ1n) is 5.78. The van der Waals surface area contributed by atoms with Crippen molar-refractivity contribution >= 4 is 12.6 Å². The van der Waals surface area contributed by atoms with Gasteiger partial charge in [0, 0.05) is 5.75 Å². The minimum Gasteiger partial charge on any atom is -0.0941 e. The molecule has 0 N–H and O–H groups in total. The second-order valence-corrected chi connectivity index (χ2v) is 4.84. The van der Waals surface area contributed by atoms with Gasteiger partial charge in [-0.15, -0.1) is 0 Å². The van der Waals surface area contributed by atoms with E-state index in [-0.39, 0.29) is 0 Å². The van der Waals surface area contributed by atoms with Crippen molar-refractivity contribution in [3.05, 3.63) is 0 Å². The molecule has 0 spiro atoms. The van der Waals surface area contributed by atoms with Gasteiger partial charge in [-0.25, -0.2) is 0 Å². The first kappa shape index (κ1) is 13.4. The lowest BCUT2D eigenvalue weighted by Crippen LogP contribution is -2.03. The monoisotopic (exact) mass is 201 g/mol. The zero-order valence-electron chi connectivity index (χ0n) is 9.51. The van der Waals surface area contributed by atoms with Gasteiger partial charge in [0.25, 0.3) is 0 Å². The number of hydrogen-bond donors (Lipinski definition) is 0. The predicted octanol–water partition coefficient (Wildman–Crippen LogP) is 4.82. The first-order valence-corrected chi connectivity index (χ1v) is 6.36. The summed E-state index contributed by atoms with van der Waals surface area (Å²) in [6, 6.07) is 0. The van der Waals surface area contributed by atoms with E-state index in [4.69, 9.17) is 12.6 Å². The standard InChI is InChI=1S/C12H25S/c1-4-5-6-7-11(2)10-12(3)8-9-13/h11-12H,4-10H2,1-3H3. The fraction of sp³-hybridized carbons (Fsp3) is 1.00. The SMILES string of the molecule is CCCCCC(C)CC(C)CC[S]. The molecule has 0 aromatic heterocycles. The Morgan fingerprint density at radius 1 is 1.00 bits per heavy atom. The normalized spacial score (nSPS) is 15.7. The van der Waals surface area contributed by atoms with Crippen LogP contribution < -0.4 is 0 Å². The molecular weight excluding hydrogens is 176 g/mol. The first-order chi connectivity index (χ1) is 6.20. The predicted molar refractivity (Wildman–Crippen MR) is 64.2 cm³/mol. The third-order valence-electron chi connectivity index (χ3n) is 2.72. The van der Waals surface area contributed by atoms with Crippen LogP contribution in [0.5, 0.6) is 0 Å². The highest BCUT2D eigenvalue weighted by Gasteiger charge is 2.07. The Bertz CT molecular complexity index is 101. The second kappa shape index (κ2) is 8.93. The summed E-state index contributed by atoms with van der Waals surface area (Å²) in [5.74, 6) is 2.68. The summed E-state index contributed by atoms with van der Waals surface area (Å²) in [5.41, 5.74) is 0. The molecule has 0 nitrogen and oxygen atoms in total. The Kier molecular flexibility index (Phi) is 9.17. The van der Waals surface area contributed by atoms with E-state index in [1.165, 1.54) is 38.5 Å². The summed E-state index contributed by atoms with van der Waals surface area (Å²) in [4.78, 5) is 0. The maximum absolute atomic E-state index is 4.99. The van der Waals surface area contributed by atoms with E-state index in [1.54, 1.807) is 0 Å². The Morgan fingerprint density at radius 2 is 1.62 bits per heavy atom. The number of rotatable bonds is 8. The Balaban J connectivity index is 3.32. The topological polar surface area (TPSA) is 0 Å². The van der Waals surface area contributed by atoms with Gasteiger partial charge in [0.1, 0.15) is 0 Å². The van der Waals surface area contributed by atoms with Gasteiger partial charge >= 0.3 is 0 Å². The molecule has 0 aromatic rings. The van der Waals surface area contributed by atoms with Gasteiger partial charge < -0.3 is 0 Å². The summed E-state index contributed by atoms with van der Waals surface area (Å²) in [7, 11) is 0. The molecule has 0 saturated carbocycles. The molecule has 13 heavy (non-hydrogen) atoms. The molecule has 0 aliphatic carbocycles. The third-order valence-corrected chi connectivity index (χ3v) is 2.95. The zero-order chi connectivity index (χ0) is 10.1. The van der Waals surface area contributed by atoms with Gasteiger partial charge in [0.2, 0.25) is 0 Å². The number of unbranched alkanes of at least 4 members (excludes halogenated alkanes) is 2. The van der Waals surface area contributed by atoms with Crippen molar-refractivity contribution in [2.45, 2.75) is 59.3 Å². The molecule has 1 radical (unpaired) electrons. The molecule has 0 aromatic carbocycles. The summed E-state index contributed by atoms with van der Waals surface area (Å²) in [5, 5.41) is 0. The van der Waals surface area contributed by atoms with Crippen molar-refractivity contribution in [3.63, 3.8) is 0 Å². The highest BCUT2D eigenvalue weighted by molar-refractivity contribution is 7.80. The molecule has 79 valence electrons. The van der Waals surface area contributed by atoms with E-state index in [0.717, 1.165) is 17.6 Å². The highest BCUT2D eigenvalue weighted by atomic mass is 32.1. The molecule has 0 aliphatic heterocycles. The number of hydrogen-bond acceptors (Lipinski definition) is 0. The van der Waals surface area contributed by atoms with Gasteiger partial charge in [0.15, 0.2) is 0 Å². The van der Waals surface area contributed by atoms with Crippen LogP contribution in [-0.2, 0) is 0 Å². The van der Waals surface area contributed by atoms with E-state index in [0.29, 0.717) is 0 Å². The molecule has 0 bridgehead atoms. The zero-order valence-corrected chi connectivity index (χ0v) is 10.3. The summed E-state index contributed by atoms with van der Waals surface area (Å²) in [6.07, 6.45) is 8.18. The van der Waals surface area contributed by atoms with Crippen molar-refractivity contribution in [3.8, 4) is 0 Å². The van der Waals surface area contributed by atoms with Gasteiger partial charge in [0.05, 0.1) is 0 Å². The molecule has 0 heterocycles. The molecule has 0 fully saturated rings. The van der Waals surface area contributed by atoms with E-state index in [2.05, 4.69) is 20.8 Å². The van der Waals surface area contributed by atoms with Crippen LogP contribution in [0, 0.1) is 11.8 Å². The van der Waals surface area contributed by atoms with Crippen molar-refractivity contribution in [2.24, 2.45) is 11.8 Å². The lowest BCUT2D eigenvalue weighted by Gasteiger charge is -2.15. The Hall–Kier alpha value is 0.350. The molecule has 0 saturated heterocycles. The largest absolute Gasteiger partial charge is 0.0941 e. The van der Waals surface area contributed by atoms with Crippen molar-refractivity contribution in [2.75, 3.05) is 5.75 Å². The Labute approximate surface area is 89.9 Å². The summed E-state index contributed by atoms with van der Waals surface area (Å²) in [6.45, 7) is 6.99. The summed E-state index contributed by atoms with van der Waals surface area (Å²) >= 11 is 4.99. The maximum Gasteiger partial charge on any atom is 0.00394 e. The van der Waals surface area contributed by atoms with Crippen LogP contribution in [0.15, 0.2) is 0 Å². The van der Waals surface area contributed by atoms with Crippen LogP contribution in [0.4, 0.5) is 0 Å². The van der Waals surface area contributed by atoms with Gasteiger partial charge in [-0.3, -0.25) is 0 Å². The van der Waals surface area contributed by atoms with Crippen molar-refractivity contribution < 1.29 is 0 Å². The fourth-order valence-electron chi connectivity index (χ4n) is 1.87. The van der Waals surface area contributed by atoms with Gasteiger partial charge in [-0.2, -0.15) is 0 Å². The van der Waals surface area contributed by atoms with Crippen molar-refractivity contribution in [1.82, 2.24) is 0 Å². The van der Waals surface area contributed by atoms with E-state index >= 15 is 0 Å². The van der Waals surface area contributed by atoms with Crippen LogP contribution in [0.3, 0.4) is 0 Å². The maximum atomic E-state index is 4.99. The summed E-state index contributed by atoms with van der Waals surface area (Å²) < 4.78 is 0. The quantitative estimate of drug-likeness (QED) is 0.494. The van der Waals surface area contributed by atoms with Crippen LogP contribution >= 0.6 is 12.6 Å². The highest BCUT2D eigenvalue weighted by Crippen LogP contribution is 2.20. The van der Waals surface area contributed by atoms with Crippen LogP contribution in [-0.4, -0.2) is 5.75 Å². The molecule has 2 unspecified atom stereocenters. The minimum absolute atomic E-state index is 0.842. The molecule has 0 rings (SSSR count). The fourth-order valence-corrected chi connectivity index (χ4v) is 2.27. The van der Waals surface area contributed by atoms with E-state index < -0.39 is 0 Å². The smallest absolute Gasteiger partial charge is 0.00394 e. The van der Waals surface area contributed by atoms with Gasteiger partial charge in [-0.05, 0) is 24.7 Å². The molecular formula is C12H25S. The average molecular weight is 201 g/mol. The lowest BCUT2D eigenvalue weighted by molar-refractivity contribution is 0.378.